The first-order valence-electron chi connectivity index (χ1n) is 8.86. The van der Waals surface area contributed by atoms with Gasteiger partial charge in [0, 0.05) is 33.1 Å². The van der Waals surface area contributed by atoms with Gasteiger partial charge in [-0.05, 0) is 23.5 Å². The van der Waals surface area contributed by atoms with Gasteiger partial charge in [0.05, 0.1) is 6.54 Å². The minimum absolute atomic E-state index is 0.450. The van der Waals surface area contributed by atoms with Crippen molar-refractivity contribution in [3.63, 3.8) is 0 Å². The van der Waals surface area contributed by atoms with E-state index in [9.17, 15) is 0 Å². The third-order valence-corrected chi connectivity index (χ3v) is 4.89. The predicted molar refractivity (Wildman–Crippen MR) is 101 cm³/mol. The normalized spacial score (nSPS) is 20.0. The van der Waals surface area contributed by atoms with E-state index in [1.54, 1.807) is 11.0 Å². The highest BCUT2D eigenvalue weighted by atomic mass is 15.4. The highest BCUT2D eigenvalue weighted by Crippen LogP contribution is 2.41. The van der Waals surface area contributed by atoms with E-state index in [1.807, 2.05) is 21.1 Å². The highest BCUT2D eigenvalue weighted by molar-refractivity contribution is 5.80. The molecule has 25 heavy (non-hydrogen) atoms. The molecule has 1 aliphatic rings. The van der Waals surface area contributed by atoms with Crippen molar-refractivity contribution in [2.24, 2.45) is 12.0 Å². The Balaban J connectivity index is 1.57. The molecule has 1 fully saturated rings. The fourth-order valence-electron chi connectivity index (χ4n) is 3.11. The molecule has 0 spiro atoms. The Morgan fingerprint density at radius 3 is 2.64 bits per heavy atom. The van der Waals surface area contributed by atoms with E-state index >= 15 is 0 Å². The number of aromatic nitrogens is 3. The van der Waals surface area contributed by atoms with Gasteiger partial charge in [0.15, 0.2) is 5.96 Å². The van der Waals surface area contributed by atoms with Gasteiger partial charge >= 0.3 is 0 Å². The topological polar surface area (TPSA) is 58.3 Å². The highest BCUT2D eigenvalue weighted by Gasteiger charge is 2.39. The number of hydrogen-bond donors (Lipinski definition) is 1. The molecule has 1 aromatic carbocycles. The van der Waals surface area contributed by atoms with E-state index in [0.717, 1.165) is 18.2 Å². The van der Waals surface area contributed by atoms with Gasteiger partial charge < -0.3 is 10.2 Å². The zero-order valence-corrected chi connectivity index (χ0v) is 15.8. The van der Waals surface area contributed by atoms with Gasteiger partial charge in [-0.15, -0.1) is 0 Å². The molecular formula is C19H28N6. The van der Waals surface area contributed by atoms with E-state index in [4.69, 9.17) is 0 Å². The van der Waals surface area contributed by atoms with Crippen molar-refractivity contribution in [2.75, 3.05) is 14.1 Å². The van der Waals surface area contributed by atoms with Crippen LogP contribution in [0.15, 0.2) is 35.6 Å². The largest absolute Gasteiger partial charge is 0.353 e. The monoisotopic (exact) mass is 340 g/mol. The molecule has 1 saturated carbocycles. The van der Waals surface area contributed by atoms with Gasteiger partial charge in [-0.1, -0.05) is 38.1 Å². The smallest absolute Gasteiger partial charge is 0.194 e. The number of nitrogens with one attached hydrogen (secondary N) is 1. The van der Waals surface area contributed by atoms with Gasteiger partial charge in [-0.3, -0.25) is 9.67 Å². The Morgan fingerprint density at radius 2 is 2.08 bits per heavy atom. The van der Waals surface area contributed by atoms with Crippen LogP contribution in [-0.4, -0.2) is 45.8 Å². The first kappa shape index (κ1) is 17.5. The molecule has 0 aliphatic heterocycles. The molecule has 0 saturated heterocycles. The van der Waals surface area contributed by atoms with E-state index in [2.05, 4.69) is 63.4 Å². The lowest BCUT2D eigenvalue weighted by atomic mass is 10.0. The first-order chi connectivity index (χ1) is 12.0. The van der Waals surface area contributed by atoms with Crippen molar-refractivity contribution in [1.29, 1.82) is 0 Å². The molecule has 0 bridgehead atoms. The summed E-state index contributed by atoms with van der Waals surface area (Å²) in [7, 11) is 5.76. The van der Waals surface area contributed by atoms with Crippen LogP contribution in [-0.2, 0) is 13.6 Å². The molecule has 3 rings (SSSR count). The number of benzene rings is 1. The zero-order chi connectivity index (χ0) is 18.0. The van der Waals surface area contributed by atoms with Gasteiger partial charge in [0.25, 0.3) is 0 Å². The van der Waals surface area contributed by atoms with Crippen LogP contribution in [0.2, 0.25) is 0 Å². The lowest BCUT2D eigenvalue weighted by Crippen LogP contribution is -2.40. The Hall–Kier alpha value is -2.37. The summed E-state index contributed by atoms with van der Waals surface area (Å²) < 4.78 is 1.79. The van der Waals surface area contributed by atoms with Crippen LogP contribution < -0.4 is 5.32 Å². The van der Waals surface area contributed by atoms with Gasteiger partial charge in [-0.2, -0.15) is 5.10 Å². The summed E-state index contributed by atoms with van der Waals surface area (Å²) in [6.45, 7) is 5.14. The van der Waals surface area contributed by atoms with Crippen LogP contribution in [0.4, 0.5) is 0 Å². The quantitative estimate of drug-likeness (QED) is 0.671. The van der Waals surface area contributed by atoms with Crippen LogP contribution in [0.25, 0.3) is 0 Å². The fourth-order valence-corrected chi connectivity index (χ4v) is 3.11. The molecule has 0 radical (unpaired) electrons. The number of aliphatic imine (C=N–C) groups is 1. The molecule has 134 valence electrons. The summed E-state index contributed by atoms with van der Waals surface area (Å²) in [5.41, 5.74) is 2.81. The Morgan fingerprint density at radius 1 is 1.36 bits per heavy atom. The minimum atomic E-state index is 0.450. The van der Waals surface area contributed by atoms with Crippen molar-refractivity contribution in [1.82, 2.24) is 25.0 Å². The number of nitrogens with zero attached hydrogens (tertiary/aromatic N) is 5. The van der Waals surface area contributed by atoms with Crippen molar-refractivity contribution in [2.45, 2.75) is 44.7 Å². The lowest BCUT2D eigenvalue weighted by molar-refractivity contribution is 0.447. The van der Waals surface area contributed by atoms with Crippen molar-refractivity contribution < 1.29 is 0 Å². The molecule has 2 unspecified atom stereocenters. The summed E-state index contributed by atoms with van der Waals surface area (Å²) in [5.74, 6) is 2.97. The summed E-state index contributed by atoms with van der Waals surface area (Å²) in [4.78, 5) is 10.8. The zero-order valence-electron chi connectivity index (χ0n) is 15.8. The maximum Gasteiger partial charge on any atom is 0.194 e. The second-order valence-electron chi connectivity index (χ2n) is 7.12. The van der Waals surface area contributed by atoms with Crippen molar-refractivity contribution >= 4 is 5.96 Å². The molecule has 0 amide bonds. The van der Waals surface area contributed by atoms with Crippen LogP contribution in [0.3, 0.4) is 0 Å². The Kier molecular flexibility index (Phi) is 5.06. The standard InChI is InChI=1S/C19H28N6/c1-13(2)14-6-8-15(9-7-14)16-10-17(16)23-19(20-3)24(4)11-18-21-12-22-25(18)5/h6-9,12-13,16-17H,10-11H2,1-5H3,(H,20,23). The molecule has 2 atom stereocenters. The molecule has 1 N–H and O–H groups in total. The molecule has 2 aromatic rings. The van der Waals surface area contributed by atoms with Crippen LogP contribution >= 0.6 is 0 Å². The van der Waals surface area contributed by atoms with Crippen LogP contribution in [0, 0.1) is 0 Å². The van der Waals surface area contributed by atoms with Gasteiger partial charge in [0.1, 0.15) is 12.2 Å². The molecule has 1 aliphatic carbocycles. The van der Waals surface area contributed by atoms with Crippen molar-refractivity contribution in [3.8, 4) is 0 Å². The first-order valence-corrected chi connectivity index (χ1v) is 8.86. The molecule has 1 heterocycles. The number of hydrogen-bond acceptors (Lipinski definition) is 3. The van der Waals surface area contributed by atoms with Gasteiger partial charge in [-0.25, -0.2) is 4.98 Å². The third kappa shape index (κ3) is 4.00. The maximum absolute atomic E-state index is 4.42. The second kappa shape index (κ2) is 7.25. The van der Waals surface area contributed by atoms with Gasteiger partial charge in [0.2, 0.25) is 0 Å². The summed E-state index contributed by atoms with van der Waals surface area (Å²) in [5, 5.41) is 7.69. The Bertz CT molecular complexity index is 731. The van der Waals surface area contributed by atoms with Crippen LogP contribution in [0.1, 0.15) is 49.1 Å². The molecule has 6 heteroatoms. The third-order valence-electron chi connectivity index (χ3n) is 4.89. The molecular weight excluding hydrogens is 312 g/mol. The molecule has 1 aromatic heterocycles. The lowest BCUT2D eigenvalue weighted by Gasteiger charge is -2.21. The van der Waals surface area contributed by atoms with E-state index in [1.165, 1.54) is 11.1 Å². The number of guanidine groups is 1. The second-order valence-corrected chi connectivity index (χ2v) is 7.12. The SMILES string of the molecule is CN=C(NC1CC1c1ccc(C(C)C)cc1)N(C)Cc1ncnn1C. The number of aryl methyl sites for hydroxylation is 1. The minimum Gasteiger partial charge on any atom is -0.353 e. The summed E-state index contributed by atoms with van der Waals surface area (Å²) >= 11 is 0. The fraction of sp³-hybridized carbons (Fsp3) is 0.526. The summed E-state index contributed by atoms with van der Waals surface area (Å²) in [6.07, 6.45) is 2.73. The van der Waals surface area contributed by atoms with Crippen LogP contribution in [0.5, 0.6) is 0 Å². The van der Waals surface area contributed by atoms with E-state index < -0.39 is 0 Å². The van der Waals surface area contributed by atoms with E-state index in [0.29, 0.717) is 24.4 Å². The summed E-state index contributed by atoms with van der Waals surface area (Å²) in [6, 6.07) is 9.50. The molecule has 6 nitrogen and oxygen atoms in total. The maximum atomic E-state index is 4.42. The number of rotatable bonds is 5. The average molecular weight is 340 g/mol. The Labute approximate surface area is 150 Å². The average Bonchev–Trinajstić information content (AvgIpc) is 3.27. The predicted octanol–water partition coefficient (Wildman–Crippen LogP) is 2.50. The van der Waals surface area contributed by atoms with E-state index in [-0.39, 0.29) is 0 Å². The van der Waals surface area contributed by atoms with Crippen molar-refractivity contribution in [3.05, 3.63) is 47.5 Å².